The molecule has 0 amide bonds. The van der Waals surface area contributed by atoms with E-state index in [1.165, 1.54) is 0 Å². The van der Waals surface area contributed by atoms with Crippen molar-refractivity contribution in [2.75, 3.05) is 13.2 Å². The molecule has 4 heteroatoms. The number of rotatable bonds is 7. The molecule has 17 heavy (non-hydrogen) atoms. The zero-order valence-corrected chi connectivity index (χ0v) is 11.5. The van der Waals surface area contributed by atoms with Gasteiger partial charge in [0.25, 0.3) is 0 Å². The first-order chi connectivity index (χ1) is 8.00. The van der Waals surface area contributed by atoms with Crippen molar-refractivity contribution in [3.63, 3.8) is 0 Å². The molecule has 0 spiro atoms. The van der Waals surface area contributed by atoms with Gasteiger partial charge in [-0.1, -0.05) is 27.2 Å². The molecule has 0 bridgehead atoms. The molecule has 0 fully saturated rings. The zero-order chi connectivity index (χ0) is 13.5. The van der Waals surface area contributed by atoms with E-state index < -0.39 is 17.4 Å². The van der Waals surface area contributed by atoms with Gasteiger partial charge in [0.05, 0.1) is 13.2 Å². The lowest BCUT2D eigenvalue weighted by molar-refractivity contribution is -0.177. The Hall–Kier alpha value is -1.06. The molecule has 1 atom stereocenters. The highest BCUT2D eigenvalue weighted by molar-refractivity contribution is 6.00. The van der Waals surface area contributed by atoms with Gasteiger partial charge in [-0.15, -0.1) is 0 Å². The third kappa shape index (κ3) is 3.20. The maximum absolute atomic E-state index is 12.1. The van der Waals surface area contributed by atoms with Crippen LogP contribution in [0.15, 0.2) is 0 Å². The fraction of sp³-hybridized carbons (Fsp3) is 0.846. The van der Waals surface area contributed by atoms with Gasteiger partial charge in [-0.3, -0.25) is 9.59 Å². The highest BCUT2D eigenvalue weighted by Gasteiger charge is 2.50. The van der Waals surface area contributed by atoms with Crippen LogP contribution in [-0.4, -0.2) is 25.2 Å². The number of hydrogen-bond donors (Lipinski definition) is 0. The maximum Gasteiger partial charge on any atom is 0.323 e. The number of hydrogen-bond acceptors (Lipinski definition) is 4. The summed E-state index contributed by atoms with van der Waals surface area (Å²) in [6.07, 6.45) is 1.13. The minimum absolute atomic E-state index is 0.0920. The molecule has 4 nitrogen and oxygen atoms in total. The molecule has 0 aliphatic rings. The van der Waals surface area contributed by atoms with Crippen LogP contribution in [0.1, 0.15) is 47.5 Å². The molecule has 0 aliphatic heterocycles. The quantitative estimate of drug-likeness (QED) is 0.510. The van der Waals surface area contributed by atoms with E-state index in [1.54, 1.807) is 13.8 Å². The average molecular weight is 244 g/mol. The summed E-state index contributed by atoms with van der Waals surface area (Å²) in [4.78, 5) is 24.2. The first-order valence-corrected chi connectivity index (χ1v) is 6.35. The second-order valence-electron chi connectivity index (χ2n) is 4.08. The minimum Gasteiger partial charge on any atom is -0.465 e. The largest absolute Gasteiger partial charge is 0.465 e. The van der Waals surface area contributed by atoms with Gasteiger partial charge in [0.15, 0.2) is 5.41 Å². The summed E-state index contributed by atoms with van der Waals surface area (Å²) in [5.41, 5.74) is -1.15. The van der Waals surface area contributed by atoms with Gasteiger partial charge in [0.2, 0.25) is 0 Å². The molecule has 0 radical (unpaired) electrons. The molecular weight excluding hydrogens is 220 g/mol. The van der Waals surface area contributed by atoms with Gasteiger partial charge < -0.3 is 9.47 Å². The van der Waals surface area contributed by atoms with Gasteiger partial charge in [-0.2, -0.15) is 0 Å². The van der Waals surface area contributed by atoms with Gasteiger partial charge >= 0.3 is 11.9 Å². The molecule has 0 aliphatic carbocycles. The van der Waals surface area contributed by atoms with Gasteiger partial charge in [0, 0.05) is 0 Å². The third-order valence-electron chi connectivity index (χ3n) is 3.29. The van der Waals surface area contributed by atoms with Crippen molar-refractivity contribution in [3.05, 3.63) is 0 Å². The minimum atomic E-state index is -1.15. The first kappa shape index (κ1) is 15.9. The van der Waals surface area contributed by atoms with Crippen LogP contribution in [0, 0.1) is 11.3 Å². The number of ether oxygens (including phenoxy) is 2. The monoisotopic (exact) mass is 244 g/mol. The highest BCUT2D eigenvalue weighted by Crippen LogP contribution is 2.36. The second-order valence-corrected chi connectivity index (χ2v) is 4.08. The standard InChI is InChI=1S/C13H24O4/c1-6-10(5)13(7-2,11(14)16-8-3)12(15)17-9-4/h10H,6-9H2,1-5H3. The average Bonchev–Trinajstić information content (AvgIpc) is 2.31. The molecule has 0 aromatic carbocycles. The molecule has 0 saturated heterocycles. The first-order valence-electron chi connectivity index (χ1n) is 6.35. The Morgan fingerprint density at radius 3 is 1.65 bits per heavy atom. The van der Waals surface area contributed by atoms with Crippen LogP contribution in [0.4, 0.5) is 0 Å². The van der Waals surface area contributed by atoms with Crippen molar-refractivity contribution < 1.29 is 19.1 Å². The fourth-order valence-corrected chi connectivity index (χ4v) is 1.99. The molecule has 0 rings (SSSR count). The van der Waals surface area contributed by atoms with Gasteiger partial charge in [0.1, 0.15) is 0 Å². The topological polar surface area (TPSA) is 52.6 Å². The molecule has 1 unspecified atom stereocenters. The van der Waals surface area contributed by atoms with E-state index in [-0.39, 0.29) is 19.1 Å². The molecular formula is C13H24O4. The summed E-state index contributed by atoms with van der Waals surface area (Å²) in [7, 11) is 0. The van der Waals surface area contributed by atoms with E-state index in [1.807, 2.05) is 20.8 Å². The summed E-state index contributed by atoms with van der Waals surface area (Å²) in [6.45, 7) is 9.68. The third-order valence-corrected chi connectivity index (χ3v) is 3.29. The van der Waals surface area contributed by atoms with E-state index >= 15 is 0 Å². The van der Waals surface area contributed by atoms with Crippen LogP contribution >= 0.6 is 0 Å². The van der Waals surface area contributed by atoms with Crippen LogP contribution in [0.3, 0.4) is 0 Å². The summed E-state index contributed by atoms with van der Waals surface area (Å²) in [5.74, 6) is -1.02. The van der Waals surface area contributed by atoms with Gasteiger partial charge in [-0.05, 0) is 26.2 Å². The van der Waals surface area contributed by atoms with E-state index in [9.17, 15) is 9.59 Å². The van der Waals surface area contributed by atoms with Crippen molar-refractivity contribution in [1.29, 1.82) is 0 Å². The van der Waals surface area contributed by atoms with E-state index in [0.717, 1.165) is 6.42 Å². The van der Waals surface area contributed by atoms with Crippen LogP contribution < -0.4 is 0 Å². The van der Waals surface area contributed by atoms with E-state index in [4.69, 9.17) is 9.47 Å². The molecule has 0 aromatic rings. The lowest BCUT2D eigenvalue weighted by Gasteiger charge is -2.32. The second kappa shape index (κ2) is 7.30. The number of carbonyl (C=O) groups excluding carboxylic acids is 2. The molecule has 100 valence electrons. The molecule has 0 saturated carbocycles. The molecule has 0 heterocycles. The highest BCUT2D eigenvalue weighted by atomic mass is 16.6. The van der Waals surface area contributed by atoms with Crippen molar-refractivity contribution in [2.45, 2.75) is 47.5 Å². The van der Waals surface area contributed by atoms with Crippen molar-refractivity contribution >= 4 is 11.9 Å². The van der Waals surface area contributed by atoms with Crippen molar-refractivity contribution in [1.82, 2.24) is 0 Å². The van der Waals surface area contributed by atoms with Crippen LogP contribution in [0.25, 0.3) is 0 Å². The summed E-state index contributed by atoms with van der Waals surface area (Å²) in [5, 5.41) is 0. The van der Waals surface area contributed by atoms with Crippen LogP contribution in [0.5, 0.6) is 0 Å². The lowest BCUT2D eigenvalue weighted by atomic mass is 9.72. The van der Waals surface area contributed by atoms with E-state index in [0.29, 0.717) is 6.42 Å². The van der Waals surface area contributed by atoms with Crippen LogP contribution in [-0.2, 0) is 19.1 Å². The maximum atomic E-state index is 12.1. The number of esters is 2. The molecule has 0 aromatic heterocycles. The smallest absolute Gasteiger partial charge is 0.323 e. The summed E-state index contributed by atoms with van der Waals surface area (Å²) in [6, 6.07) is 0. The number of carbonyl (C=O) groups is 2. The van der Waals surface area contributed by atoms with Crippen LogP contribution in [0.2, 0.25) is 0 Å². The fourth-order valence-electron chi connectivity index (χ4n) is 1.99. The van der Waals surface area contributed by atoms with Crippen molar-refractivity contribution in [3.8, 4) is 0 Å². The lowest BCUT2D eigenvalue weighted by Crippen LogP contribution is -2.46. The summed E-state index contributed by atoms with van der Waals surface area (Å²) >= 11 is 0. The Kier molecular flexibility index (Phi) is 6.85. The SMILES string of the molecule is CCOC(=O)C(CC)(C(=O)OCC)C(C)CC. The van der Waals surface area contributed by atoms with Crippen molar-refractivity contribution in [2.24, 2.45) is 11.3 Å². The predicted octanol–water partition coefficient (Wildman–Crippen LogP) is 2.56. The molecule has 0 N–H and O–H groups in total. The predicted molar refractivity (Wildman–Crippen MR) is 65.4 cm³/mol. The van der Waals surface area contributed by atoms with E-state index in [2.05, 4.69) is 0 Å². The Morgan fingerprint density at radius 2 is 1.41 bits per heavy atom. The zero-order valence-electron chi connectivity index (χ0n) is 11.5. The Bertz CT molecular complexity index is 242. The Balaban J connectivity index is 5.28. The van der Waals surface area contributed by atoms with Gasteiger partial charge in [-0.25, -0.2) is 0 Å². The normalized spacial score (nSPS) is 13.0. The summed E-state index contributed by atoms with van der Waals surface area (Å²) < 4.78 is 10.1. The Labute approximate surface area is 104 Å². The Morgan fingerprint density at radius 1 is 1.00 bits per heavy atom.